The van der Waals surface area contributed by atoms with Crippen LogP contribution in [0.15, 0.2) is 42.5 Å². The molecule has 1 aromatic heterocycles. The van der Waals surface area contributed by atoms with Gasteiger partial charge in [-0.25, -0.2) is 0 Å². The highest BCUT2D eigenvalue weighted by atomic mass is 16.5. The minimum absolute atomic E-state index is 0.0414. The Morgan fingerprint density at radius 3 is 2.78 bits per heavy atom. The van der Waals surface area contributed by atoms with Gasteiger partial charge in [-0.05, 0) is 57.2 Å². The van der Waals surface area contributed by atoms with Crippen molar-refractivity contribution in [1.29, 1.82) is 0 Å². The first-order valence-electron chi connectivity index (χ1n) is 9.82. The summed E-state index contributed by atoms with van der Waals surface area (Å²) in [5.41, 5.74) is 2.46. The van der Waals surface area contributed by atoms with E-state index in [0.717, 1.165) is 36.7 Å². The van der Waals surface area contributed by atoms with Crippen LogP contribution >= 0.6 is 0 Å². The predicted molar refractivity (Wildman–Crippen MR) is 106 cm³/mol. The molecule has 2 fully saturated rings. The van der Waals surface area contributed by atoms with Crippen LogP contribution in [0, 0.1) is 11.3 Å². The largest absolute Gasteiger partial charge is 0.481 e. The number of aryl methyl sites for hydroxylation is 1. The first-order chi connectivity index (χ1) is 12.9. The topological polar surface area (TPSA) is 62.3 Å². The molecule has 0 unspecified atom stereocenters. The first kappa shape index (κ1) is 16.8. The lowest BCUT2D eigenvalue weighted by Crippen LogP contribution is -2.47. The number of H-pyrrole nitrogens is 1. The summed E-state index contributed by atoms with van der Waals surface area (Å²) in [4.78, 5) is 15.6. The molecule has 0 spiro atoms. The molecule has 2 saturated heterocycles. The van der Waals surface area contributed by atoms with Crippen LogP contribution in [-0.2, 0) is 16.0 Å². The van der Waals surface area contributed by atoms with Gasteiger partial charge in [-0.15, -0.1) is 0 Å². The number of hydrogen-bond acceptors (Lipinski definition) is 2. The third kappa shape index (κ3) is 2.29. The van der Waals surface area contributed by atoms with Gasteiger partial charge in [-0.3, -0.25) is 4.79 Å². The molecule has 2 aliphatic heterocycles. The van der Waals surface area contributed by atoms with E-state index in [2.05, 4.69) is 48.3 Å². The fraction of sp³-hybridized carbons (Fsp3) is 0.435. The number of ether oxygens (including phenoxy) is 1. The molecular weight excluding hydrogens is 338 g/mol. The van der Waals surface area contributed by atoms with Crippen molar-refractivity contribution in [2.24, 2.45) is 11.3 Å². The Hall–Kier alpha value is -2.33. The summed E-state index contributed by atoms with van der Waals surface area (Å²) in [6.45, 7) is 3.99. The van der Waals surface area contributed by atoms with Crippen LogP contribution < -0.4 is 0 Å². The molecule has 3 heterocycles. The molecule has 4 heteroatoms. The second-order valence-electron chi connectivity index (χ2n) is 8.69. The fourth-order valence-electron chi connectivity index (χ4n) is 5.66. The zero-order chi connectivity index (χ0) is 18.8. The van der Waals surface area contributed by atoms with Crippen molar-refractivity contribution in [3.05, 3.63) is 48.0 Å². The number of carboxylic acids is 1. The van der Waals surface area contributed by atoms with Crippen LogP contribution in [-0.4, -0.2) is 27.8 Å². The van der Waals surface area contributed by atoms with E-state index in [0.29, 0.717) is 0 Å². The lowest BCUT2D eigenvalue weighted by atomic mass is 9.61. The van der Waals surface area contributed by atoms with Crippen LogP contribution in [0.3, 0.4) is 0 Å². The number of aliphatic carboxylic acids is 1. The van der Waals surface area contributed by atoms with Gasteiger partial charge in [0, 0.05) is 27.7 Å². The molecule has 0 amide bonds. The smallest absolute Gasteiger partial charge is 0.312 e. The maximum atomic E-state index is 12.1. The molecule has 5 rings (SSSR count). The number of para-hydroxylation sites is 1. The van der Waals surface area contributed by atoms with Gasteiger partial charge in [0.1, 0.15) is 0 Å². The van der Waals surface area contributed by atoms with Gasteiger partial charge in [0.2, 0.25) is 0 Å². The van der Waals surface area contributed by atoms with Gasteiger partial charge in [0.25, 0.3) is 0 Å². The molecule has 27 heavy (non-hydrogen) atoms. The number of nitrogens with one attached hydrogen (secondary N) is 1. The molecule has 2 N–H and O–H groups in total. The van der Waals surface area contributed by atoms with E-state index in [4.69, 9.17) is 4.74 Å². The first-order valence-corrected chi connectivity index (χ1v) is 9.82. The van der Waals surface area contributed by atoms with Crippen molar-refractivity contribution in [2.75, 3.05) is 0 Å². The molecule has 140 valence electrons. The lowest BCUT2D eigenvalue weighted by molar-refractivity contribution is -0.153. The van der Waals surface area contributed by atoms with Gasteiger partial charge in [-0.2, -0.15) is 0 Å². The molecule has 2 bridgehead atoms. The minimum Gasteiger partial charge on any atom is -0.481 e. The number of fused-ring (bicyclic) bond motifs is 5. The van der Waals surface area contributed by atoms with Crippen molar-refractivity contribution < 1.29 is 14.6 Å². The Kier molecular flexibility index (Phi) is 3.48. The summed E-state index contributed by atoms with van der Waals surface area (Å²) in [5.74, 6) is -0.674. The molecule has 0 radical (unpaired) electrons. The van der Waals surface area contributed by atoms with Crippen LogP contribution in [0.5, 0.6) is 0 Å². The highest BCUT2D eigenvalue weighted by Gasteiger charge is 2.66. The molecule has 0 saturated carbocycles. The fourth-order valence-corrected chi connectivity index (χ4v) is 5.66. The molecule has 3 aromatic rings. The molecule has 2 aromatic carbocycles. The normalized spacial score (nSPS) is 32.5. The van der Waals surface area contributed by atoms with Crippen molar-refractivity contribution in [2.45, 2.75) is 51.2 Å². The van der Waals surface area contributed by atoms with E-state index >= 15 is 0 Å². The molecular formula is C23H25NO3. The number of aromatic nitrogens is 1. The summed E-state index contributed by atoms with van der Waals surface area (Å²) < 4.78 is 6.16. The highest BCUT2D eigenvalue weighted by Crippen LogP contribution is 2.59. The van der Waals surface area contributed by atoms with E-state index in [1.54, 1.807) is 0 Å². The number of rotatable bonds is 4. The Balaban J connectivity index is 1.44. The van der Waals surface area contributed by atoms with Gasteiger partial charge >= 0.3 is 5.97 Å². The third-order valence-electron chi connectivity index (χ3n) is 7.20. The molecule has 4 nitrogen and oxygen atoms in total. The summed E-state index contributed by atoms with van der Waals surface area (Å²) >= 11 is 0. The van der Waals surface area contributed by atoms with Crippen LogP contribution in [0.25, 0.3) is 21.8 Å². The van der Waals surface area contributed by atoms with E-state index in [1.807, 2.05) is 13.0 Å². The standard InChI is InChI=1S/C23H25NO3/c1-22-12-11-20(27-22)23(2,21(25)26)19(22)10-8-14-7-9-16-15-5-3-4-6-17(15)24-18(16)13-14/h3-7,9,13,19-20,24H,8,10-12H2,1-2H3,(H,25,26)/t19-,20+,22-,23-/m1/s1. The van der Waals surface area contributed by atoms with Crippen molar-refractivity contribution in [3.8, 4) is 0 Å². The van der Waals surface area contributed by atoms with Crippen LogP contribution in [0.1, 0.15) is 38.7 Å². The van der Waals surface area contributed by atoms with E-state index < -0.39 is 11.4 Å². The Labute approximate surface area is 158 Å². The Morgan fingerprint density at radius 2 is 1.96 bits per heavy atom. The van der Waals surface area contributed by atoms with Crippen molar-refractivity contribution in [1.82, 2.24) is 4.98 Å². The maximum absolute atomic E-state index is 12.1. The number of carbonyl (C=O) groups is 1. The van der Waals surface area contributed by atoms with Gasteiger partial charge < -0.3 is 14.8 Å². The Bertz CT molecular complexity index is 1050. The highest BCUT2D eigenvalue weighted by molar-refractivity contribution is 6.07. The number of aromatic amines is 1. The second kappa shape index (κ2) is 5.59. The third-order valence-corrected chi connectivity index (χ3v) is 7.20. The summed E-state index contributed by atoms with van der Waals surface area (Å²) in [7, 11) is 0. The van der Waals surface area contributed by atoms with Crippen LogP contribution in [0.2, 0.25) is 0 Å². The average molecular weight is 363 g/mol. The van der Waals surface area contributed by atoms with E-state index in [1.165, 1.54) is 16.3 Å². The average Bonchev–Trinajstić information content (AvgIpc) is 3.27. The number of carboxylic acid groups (broad SMARTS) is 1. The van der Waals surface area contributed by atoms with Crippen LogP contribution in [0.4, 0.5) is 0 Å². The van der Waals surface area contributed by atoms with Gasteiger partial charge in [0.15, 0.2) is 0 Å². The quantitative estimate of drug-likeness (QED) is 0.692. The number of benzene rings is 2. The zero-order valence-corrected chi connectivity index (χ0v) is 15.8. The number of hydrogen-bond donors (Lipinski definition) is 2. The summed E-state index contributed by atoms with van der Waals surface area (Å²) in [5, 5.41) is 12.4. The van der Waals surface area contributed by atoms with E-state index in [-0.39, 0.29) is 17.6 Å². The zero-order valence-electron chi connectivity index (χ0n) is 15.8. The Morgan fingerprint density at radius 1 is 1.19 bits per heavy atom. The maximum Gasteiger partial charge on any atom is 0.312 e. The lowest BCUT2D eigenvalue weighted by Gasteiger charge is -2.38. The van der Waals surface area contributed by atoms with E-state index in [9.17, 15) is 9.90 Å². The van der Waals surface area contributed by atoms with Crippen molar-refractivity contribution in [3.63, 3.8) is 0 Å². The van der Waals surface area contributed by atoms with Crippen molar-refractivity contribution >= 4 is 27.8 Å². The monoisotopic (exact) mass is 363 g/mol. The van der Waals surface area contributed by atoms with Gasteiger partial charge in [-0.1, -0.05) is 30.3 Å². The van der Waals surface area contributed by atoms with Gasteiger partial charge in [0.05, 0.1) is 17.1 Å². The summed E-state index contributed by atoms with van der Waals surface area (Å²) in [6, 6.07) is 14.9. The second-order valence-corrected chi connectivity index (χ2v) is 8.69. The predicted octanol–water partition coefficient (Wildman–Crippen LogP) is 4.91. The minimum atomic E-state index is -0.780. The summed E-state index contributed by atoms with van der Waals surface area (Å²) in [6.07, 6.45) is 3.37. The molecule has 0 aliphatic carbocycles. The molecule has 4 atom stereocenters. The molecule has 2 aliphatic rings. The SMILES string of the molecule is C[C@]1(C(=O)O)[C@@H]2CC[C@@](C)(O2)[C@H]1CCc1ccc2c(c1)[nH]c1ccccc12.